The van der Waals surface area contributed by atoms with Crippen LogP contribution in [0.15, 0.2) is 18.2 Å². The van der Waals surface area contributed by atoms with Gasteiger partial charge < -0.3 is 5.11 Å². The number of aliphatic hydroxyl groups excluding tert-OH is 1. The summed E-state index contributed by atoms with van der Waals surface area (Å²) in [6.07, 6.45) is 1.53. The molecular formula is C18H26FNO. The second kappa shape index (κ2) is 8.81. The molecule has 0 heterocycles. The molecule has 1 atom stereocenters. The van der Waals surface area contributed by atoms with Crippen LogP contribution in [-0.4, -0.2) is 29.7 Å². The van der Waals surface area contributed by atoms with Crippen LogP contribution in [0.2, 0.25) is 0 Å². The number of hydrogen-bond donors (Lipinski definition) is 1. The van der Waals surface area contributed by atoms with Gasteiger partial charge in [0.2, 0.25) is 0 Å². The predicted molar refractivity (Wildman–Crippen MR) is 85.4 cm³/mol. The third kappa shape index (κ3) is 6.75. The molecule has 1 N–H and O–H groups in total. The predicted octanol–water partition coefficient (Wildman–Crippen LogP) is 3.43. The first-order chi connectivity index (χ1) is 9.92. The minimum Gasteiger partial charge on any atom is -0.395 e. The lowest BCUT2D eigenvalue weighted by molar-refractivity contribution is 0.220. The number of nitrogens with zero attached hydrogens (tertiary/aromatic N) is 1. The summed E-state index contributed by atoms with van der Waals surface area (Å²) >= 11 is 0. The molecule has 0 saturated heterocycles. The molecule has 0 bridgehead atoms. The highest BCUT2D eigenvalue weighted by molar-refractivity contribution is 5.37. The van der Waals surface area contributed by atoms with E-state index in [0.29, 0.717) is 30.5 Å². The molecule has 0 saturated carbocycles. The van der Waals surface area contributed by atoms with E-state index < -0.39 is 0 Å². The zero-order chi connectivity index (χ0) is 15.8. The van der Waals surface area contributed by atoms with Gasteiger partial charge in [-0.25, -0.2) is 4.39 Å². The number of benzene rings is 1. The summed E-state index contributed by atoms with van der Waals surface area (Å²) in [6.45, 7) is 7.36. The van der Waals surface area contributed by atoms with Gasteiger partial charge in [0.25, 0.3) is 0 Å². The van der Waals surface area contributed by atoms with Crippen LogP contribution in [0.4, 0.5) is 4.39 Å². The summed E-state index contributed by atoms with van der Waals surface area (Å²) in [7, 11) is 2.06. The lowest BCUT2D eigenvalue weighted by Gasteiger charge is -2.26. The average Bonchev–Trinajstić information content (AvgIpc) is 2.37. The molecule has 21 heavy (non-hydrogen) atoms. The zero-order valence-electron chi connectivity index (χ0n) is 13.5. The van der Waals surface area contributed by atoms with Gasteiger partial charge in [-0.3, -0.25) is 4.90 Å². The van der Waals surface area contributed by atoms with Gasteiger partial charge >= 0.3 is 0 Å². The van der Waals surface area contributed by atoms with Crippen molar-refractivity contribution >= 4 is 0 Å². The highest BCUT2D eigenvalue weighted by Gasteiger charge is 2.12. The van der Waals surface area contributed by atoms with E-state index in [4.69, 9.17) is 5.11 Å². The molecule has 0 aliphatic rings. The van der Waals surface area contributed by atoms with Crippen molar-refractivity contribution in [2.45, 2.75) is 46.2 Å². The maximum Gasteiger partial charge on any atom is 0.124 e. The number of rotatable bonds is 6. The molecule has 0 spiro atoms. The van der Waals surface area contributed by atoms with Gasteiger partial charge in [0.05, 0.1) is 6.61 Å². The van der Waals surface area contributed by atoms with Crippen LogP contribution in [0.5, 0.6) is 0 Å². The second-order valence-corrected chi connectivity index (χ2v) is 6.02. The lowest BCUT2D eigenvalue weighted by Crippen LogP contribution is -2.29. The topological polar surface area (TPSA) is 23.5 Å². The normalized spacial score (nSPS) is 12.4. The molecule has 0 fully saturated rings. The molecule has 0 amide bonds. The molecule has 0 aliphatic heterocycles. The Morgan fingerprint density at radius 3 is 2.57 bits per heavy atom. The highest BCUT2D eigenvalue weighted by Crippen LogP contribution is 2.15. The van der Waals surface area contributed by atoms with Gasteiger partial charge in [0.1, 0.15) is 5.82 Å². The molecule has 1 aromatic rings. The molecule has 1 aromatic carbocycles. The summed E-state index contributed by atoms with van der Waals surface area (Å²) in [5.41, 5.74) is 1.60. The van der Waals surface area contributed by atoms with Gasteiger partial charge in [0, 0.05) is 24.6 Å². The molecule has 0 aromatic heterocycles. The Labute approximate surface area is 128 Å². The van der Waals surface area contributed by atoms with Crippen molar-refractivity contribution in [3.8, 4) is 11.8 Å². The van der Waals surface area contributed by atoms with Crippen LogP contribution in [0.3, 0.4) is 0 Å². The SMILES string of the molecule is CC(C)CC(C)N(C)Cc1cc(F)cc(C#CCCO)c1. The quantitative estimate of drug-likeness (QED) is 0.812. The minimum absolute atomic E-state index is 0.0324. The van der Waals surface area contributed by atoms with Gasteiger partial charge in [-0.1, -0.05) is 25.7 Å². The zero-order valence-corrected chi connectivity index (χ0v) is 13.5. The molecule has 1 unspecified atom stereocenters. The van der Waals surface area contributed by atoms with E-state index in [1.54, 1.807) is 6.07 Å². The average molecular weight is 291 g/mol. The van der Waals surface area contributed by atoms with Crippen LogP contribution >= 0.6 is 0 Å². The molecule has 0 aliphatic carbocycles. The Morgan fingerprint density at radius 2 is 1.95 bits per heavy atom. The van der Waals surface area contributed by atoms with E-state index in [-0.39, 0.29) is 12.4 Å². The van der Waals surface area contributed by atoms with Crippen LogP contribution in [-0.2, 0) is 6.54 Å². The van der Waals surface area contributed by atoms with E-state index in [1.807, 2.05) is 6.07 Å². The fourth-order valence-electron chi connectivity index (χ4n) is 2.34. The maximum absolute atomic E-state index is 13.7. The Morgan fingerprint density at radius 1 is 1.24 bits per heavy atom. The summed E-state index contributed by atoms with van der Waals surface area (Å²) in [5, 5.41) is 8.72. The molecule has 2 nitrogen and oxygen atoms in total. The Kier molecular flexibility index (Phi) is 7.42. The molecular weight excluding hydrogens is 265 g/mol. The van der Waals surface area contributed by atoms with E-state index in [0.717, 1.165) is 12.0 Å². The standard InChI is InChI=1S/C18H26FNO/c1-14(2)9-15(3)20(4)13-17-10-16(7-5-6-8-21)11-18(19)12-17/h10-12,14-15,21H,6,8-9,13H2,1-4H3. The third-order valence-electron chi connectivity index (χ3n) is 3.42. The molecule has 116 valence electrons. The van der Waals surface area contributed by atoms with Gasteiger partial charge in [-0.15, -0.1) is 0 Å². The van der Waals surface area contributed by atoms with Crippen molar-refractivity contribution in [1.82, 2.24) is 4.90 Å². The minimum atomic E-state index is -0.259. The maximum atomic E-state index is 13.7. The Bertz CT molecular complexity index is 502. The number of hydrogen-bond acceptors (Lipinski definition) is 2. The first-order valence-electron chi connectivity index (χ1n) is 7.51. The van der Waals surface area contributed by atoms with Crippen LogP contribution in [0.1, 0.15) is 44.7 Å². The van der Waals surface area contributed by atoms with E-state index >= 15 is 0 Å². The van der Waals surface area contributed by atoms with Gasteiger partial charge in [-0.2, -0.15) is 0 Å². The van der Waals surface area contributed by atoms with Crippen molar-refractivity contribution in [1.29, 1.82) is 0 Å². The largest absolute Gasteiger partial charge is 0.395 e. The summed E-state index contributed by atoms with van der Waals surface area (Å²) in [6, 6.07) is 5.38. The van der Waals surface area contributed by atoms with Crippen molar-refractivity contribution < 1.29 is 9.50 Å². The van der Waals surface area contributed by atoms with Crippen LogP contribution < -0.4 is 0 Å². The fourth-order valence-corrected chi connectivity index (χ4v) is 2.34. The molecule has 0 radical (unpaired) electrons. The highest BCUT2D eigenvalue weighted by atomic mass is 19.1. The van der Waals surface area contributed by atoms with Crippen LogP contribution in [0, 0.1) is 23.6 Å². The fraction of sp³-hybridized carbons (Fsp3) is 0.556. The third-order valence-corrected chi connectivity index (χ3v) is 3.42. The van der Waals surface area contributed by atoms with Crippen molar-refractivity contribution in [3.63, 3.8) is 0 Å². The number of halogens is 1. The lowest BCUT2D eigenvalue weighted by atomic mass is 10.0. The molecule has 1 rings (SSSR count). The monoisotopic (exact) mass is 291 g/mol. The Hall–Kier alpha value is -1.37. The first-order valence-corrected chi connectivity index (χ1v) is 7.51. The first kappa shape index (κ1) is 17.7. The van der Waals surface area contributed by atoms with E-state index in [9.17, 15) is 4.39 Å². The Balaban J connectivity index is 2.77. The second-order valence-electron chi connectivity index (χ2n) is 6.02. The number of aliphatic hydroxyl groups is 1. The van der Waals surface area contributed by atoms with Gasteiger partial charge in [0.15, 0.2) is 0 Å². The van der Waals surface area contributed by atoms with Crippen molar-refractivity contribution in [2.75, 3.05) is 13.7 Å². The van der Waals surface area contributed by atoms with Crippen molar-refractivity contribution in [3.05, 3.63) is 35.1 Å². The summed E-state index contributed by atoms with van der Waals surface area (Å²) in [4.78, 5) is 2.24. The van der Waals surface area contributed by atoms with Crippen molar-refractivity contribution in [2.24, 2.45) is 5.92 Å². The van der Waals surface area contributed by atoms with Crippen LogP contribution in [0.25, 0.3) is 0 Å². The van der Waals surface area contributed by atoms with E-state index in [2.05, 4.69) is 44.6 Å². The smallest absolute Gasteiger partial charge is 0.124 e. The van der Waals surface area contributed by atoms with Gasteiger partial charge in [-0.05, 0) is 50.1 Å². The summed E-state index contributed by atoms with van der Waals surface area (Å²) < 4.78 is 13.7. The molecule has 3 heteroatoms. The van der Waals surface area contributed by atoms with E-state index in [1.165, 1.54) is 6.07 Å². The summed E-state index contributed by atoms with van der Waals surface area (Å²) in [5.74, 6) is 6.11.